The standard InChI is InChI=1S/C15H18N2O2S/c1-9(16-14(18)11-7-8-19-10(11)2)15-17-12-5-3-4-6-13(12)20-15/h7-9H,3-6H2,1-2H3,(H,16,18)/t9-/m1/s1. The summed E-state index contributed by atoms with van der Waals surface area (Å²) < 4.78 is 5.17. The predicted octanol–water partition coefficient (Wildman–Crippen LogP) is 3.41. The largest absolute Gasteiger partial charge is 0.469 e. The Hall–Kier alpha value is -1.62. The van der Waals surface area contributed by atoms with E-state index in [1.165, 1.54) is 29.7 Å². The maximum absolute atomic E-state index is 12.2. The molecule has 1 aliphatic rings. The number of carbonyl (C=O) groups is 1. The summed E-state index contributed by atoms with van der Waals surface area (Å²) in [4.78, 5) is 18.2. The molecule has 2 heterocycles. The van der Waals surface area contributed by atoms with Crippen LogP contribution in [0.2, 0.25) is 0 Å². The van der Waals surface area contributed by atoms with Gasteiger partial charge in [0.15, 0.2) is 0 Å². The molecule has 1 N–H and O–H groups in total. The predicted molar refractivity (Wildman–Crippen MR) is 78.1 cm³/mol. The molecule has 2 aromatic heterocycles. The zero-order valence-electron chi connectivity index (χ0n) is 11.7. The summed E-state index contributed by atoms with van der Waals surface area (Å²) in [6, 6.07) is 1.64. The molecular weight excluding hydrogens is 272 g/mol. The molecule has 0 bridgehead atoms. The van der Waals surface area contributed by atoms with E-state index in [-0.39, 0.29) is 11.9 Å². The van der Waals surface area contributed by atoms with Crippen molar-refractivity contribution in [2.45, 2.75) is 45.6 Å². The SMILES string of the molecule is Cc1occc1C(=O)N[C@H](C)c1nc2c(s1)CCCC2. The van der Waals surface area contributed by atoms with E-state index in [4.69, 9.17) is 4.42 Å². The Morgan fingerprint density at radius 3 is 2.95 bits per heavy atom. The first kappa shape index (κ1) is 13.4. The van der Waals surface area contributed by atoms with E-state index in [2.05, 4.69) is 10.3 Å². The second-order valence-electron chi connectivity index (χ2n) is 5.21. The minimum atomic E-state index is -0.100. The molecule has 106 valence electrons. The van der Waals surface area contributed by atoms with Crippen molar-refractivity contribution >= 4 is 17.2 Å². The molecule has 3 rings (SSSR count). The van der Waals surface area contributed by atoms with Crippen LogP contribution in [0.4, 0.5) is 0 Å². The summed E-state index contributed by atoms with van der Waals surface area (Å²) in [5, 5.41) is 4.00. The summed E-state index contributed by atoms with van der Waals surface area (Å²) in [7, 11) is 0. The molecular formula is C15H18N2O2S. The van der Waals surface area contributed by atoms with Crippen LogP contribution in [0, 0.1) is 6.92 Å². The van der Waals surface area contributed by atoms with Crippen LogP contribution in [0.5, 0.6) is 0 Å². The number of carbonyl (C=O) groups excluding carboxylic acids is 1. The summed E-state index contributed by atoms with van der Waals surface area (Å²) in [6.45, 7) is 3.78. The maximum atomic E-state index is 12.2. The first-order chi connectivity index (χ1) is 9.65. The Morgan fingerprint density at radius 1 is 1.45 bits per heavy atom. The van der Waals surface area contributed by atoms with Crippen molar-refractivity contribution in [3.63, 3.8) is 0 Å². The van der Waals surface area contributed by atoms with E-state index in [0.717, 1.165) is 17.8 Å². The third-order valence-electron chi connectivity index (χ3n) is 3.68. The van der Waals surface area contributed by atoms with Crippen LogP contribution >= 0.6 is 11.3 Å². The molecule has 2 aromatic rings. The molecule has 0 aromatic carbocycles. The van der Waals surface area contributed by atoms with Crippen molar-refractivity contribution in [3.05, 3.63) is 39.2 Å². The van der Waals surface area contributed by atoms with E-state index < -0.39 is 0 Å². The van der Waals surface area contributed by atoms with Gasteiger partial charge in [-0.2, -0.15) is 0 Å². The number of hydrogen-bond donors (Lipinski definition) is 1. The lowest BCUT2D eigenvalue weighted by Crippen LogP contribution is -2.26. The molecule has 0 aliphatic heterocycles. The summed E-state index contributed by atoms with van der Waals surface area (Å²) in [5.74, 6) is 0.546. The number of aryl methyl sites for hydroxylation is 3. The van der Waals surface area contributed by atoms with Crippen LogP contribution in [-0.2, 0) is 12.8 Å². The molecule has 5 heteroatoms. The molecule has 0 unspecified atom stereocenters. The number of rotatable bonds is 3. The zero-order valence-corrected chi connectivity index (χ0v) is 12.5. The highest BCUT2D eigenvalue weighted by Gasteiger charge is 2.21. The van der Waals surface area contributed by atoms with Crippen molar-refractivity contribution in [2.24, 2.45) is 0 Å². The molecule has 1 aliphatic carbocycles. The van der Waals surface area contributed by atoms with Crippen LogP contribution in [0.15, 0.2) is 16.7 Å². The van der Waals surface area contributed by atoms with Crippen LogP contribution < -0.4 is 5.32 Å². The summed E-state index contributed by atoms with van der Waals surface area (Å²) in [6.07, 6.45) is 6.23. The topological polar surface area (TPSA) is 55.1 Å². The Bertz CT molecular complexity index is 606. The van der Waals surface area contributed by atoms with Crippen LogP contribution in [-0.4, -0.2) is 10.9 Å². The molecule has 0 saturated heterocycles. The first-order valence-electron chi connectivity index (χ1n) is 6.98. The highest BCUT2D eigenvalue weighted by atomic mass is 32.1. The number of nitrogens with one attached hydrogen (secondary N) is 1. The van der Waals surface area contributed by atoms with Gasteiger partial charge in [0, 0.05) is 4.88 Å². The van der Waals surface area contributed by atoms with Crippen molar-refractivity contribution in [2.75, 3.05) is 0 Å². The van der Waals surface area contributed by atoms with Gasteiger partial charge in [0.05, 0.1) is 23.6 Å². The van der Waals surface area contributed by atoms with Crippen molar-refractivity contribution in [3.8, 4) is 0 Å². The fourth-order valence-corrected chi connectivity index (χ4v) is 3.67. The fraction of sp³-hybridized carbons (Fsp3) is 0.467. The lowest BCUT2D eigenvalue weighted by molar-refractivity contribution is 0.0938. The van der Waals surface area contributed by atoms with Gasteiger partial charge in [-0.15, -0.1) is 11.3 Å². The summed E-state index contributed by atoms with van der Waals surface area (Å²) >= 11 is 1.74. The van der Waals surface area contributed by atoms with E-state index in [9.17, 15) is 4.79 Å². The van der Waals surface area contributed by atoms with Gasteiger partial charge in [-0.3, -0.25) is 4.79 Å². The van der Waals surface area contributed by atoms with Gasteiger partial charge in [-0.25, -0.2) is 4.98 Å². The van der Waals surface area contributed by atoms with Crippen LogP contribution in [0.3, 0.4) is 0 Å². The van der Waals surface area contributed by atoms with Crippen molar-refractivity contribution in [1.29, 1.82) is 0 Å². The third kappa shape index (κ3) is 2.50. The number of amides is 1. The van der Waals surface area contributed by atoms with E-state index in [0.29, 0.717) is 11.3 Å². The van der Waals surface area contributed by atoms with Crippen molar-refractivity contribution < 1.29 is 9.21 Å². The molecule has 0 saturated carbocycles. The second-order valence-corrected chi connectivity index (χ2v) is 6.33. The van der Waals surface area contributed by atoms with Crippen LogP contribution in [0.25, 0.3) is 0 Å². The van der Waals surface area contributed by atoms with Gasteiger partial charge >= 0.3 is 0 Å². The number of fused-ring (bicyclic) bond motifs is 1. The number of hydrogen-bond acceptors (Lipinski definition) is 4. The number of aromatic nitrogens is 1. The minimum absolute atomic E-state index is 0.0626. The monoisotopic (exact) mass is 290 g/mol. The molecule has 4 nitrogen and oxygen atoms in total. The third-order valence-corrected chi connectivity index (χ3v) is 5.02. The average molecular weight is 290 g/mol. The maximum Gasteiger partial charge on any atom is 0.255 e. The highest BCUT2D eigenvalue weighted by molar-refractivity contribution is 7.11. The Labute approximate surface area is 122 Å². The van der Waals surface area contributed by atoms with E-state index >= 15 is 0 Å². The molecule has 1 atom stereocenters. The van der Waals surface area contributed by atoms with Gasteiger partial charge in [0.25, 0.3) is 5.91 Å². The first-order valence-corrected chi connectivity index (χ1v) is 7.80. The zero-order chi connectivity index (χ0) is 14.1. The number of furan rings is 1. The average Bonchev–Trinajstić information content (AvgIpc) is 3.04. The minimum Gasteiger partial charge on any atom is -0.469 e. The quantitative estimate of drug-likeness (QED) is 0.942. The van der Waals surface area contributed by atoms with E-state index in [1.54, 1.807) is 24.3 Å². The molecule has 20 heavy (non-hydrogen) atoms. The molecule has 0 fully saturated rings. The molecule has 0 spiro atoms. The van der Waals surface area contributed by atoms with Gasteiger partial charge in [0.2, 0.25) is 0 Å². The Kier molecular flexibility index (Phi) is 3.61. The number of thiazole rings is 1. The fourth-order valence-electron chi connectivity index (χ4n) is 2.51. The summed E-state index contributed by atoms with van der Waals surface area (Å²) in [5.41, 5.74) is 1.83. The molecule has 0 radical (unpaired) electrons. The van der Waals surface area contributed by atoms with Crippen LogP contribution in [0.1, 0.15) is 57.5 Å². The highest BCUT2D eigenvalue weighted by Crippen LogP contribution is 2.29. The normalized spacial score (nSPS) is 15.7. The van der Waals surface area contributed by atoms with Crippen molar-refractivity contribution in [1.82, 2.24) is 10.3 Å². The lowest BCUT2D eigenvalue weighted by Gasteiger charge is -2.10. The molecule has 1 amide bonds. The van der Waals surface area contributed by atoms with Gasteiger partial charge < -0.3 is 9.73 Å². The number of nitrogens with zero attached hydrogens (tertiary/aromatic N) is 1. The smallest absolute Gasteiger partial charge is 0.255 e. The van der Waals surface area contributed by atoms with Gasteiger partial charge in [-0.05, 0) is 45.6 Å². The van der Waals surface area contributed by atoms with Gasteiger partial charge in [-0.1, -0.05) is 0 Å². The second kappa shape index (κ2) is 5.40. The Morgan fingerprint density at radius 2 is 2.25 bits per heavy atom. The lowest BCUT2D eigenvalue weighted by atomic mass is 10.0. The van der Waals surface area contributed by atoms with E-state index in [1.807, 2.05) is 6.92 Å². The van der Waals surface area contributed by atoms with Gasteiger partial charge in [0.1, 0.15) is 10.8 Å². The Balaban J connectivity index is 1.73.